The van der Waals surface area contributed by atoms with Gasteiger partial charge in [-0.3, -0.25) is 14.3 Å². The van der Waals surface area contributed by atoms with Crippen LogP contribution in [-0.2, 0) is 24.1 Å². The Balaban J connectivity index is 1.62. The van der Waals surface area contributed by atoms with E-state index in [-0.39, 0.29) is 43.7 Å². The number of ether oxygens (including phenoxy) is 4. The number of nitrogens with zero attached hydrogens (tertiary/aromatic N) is 3. The average Bonchev–Trinajstić information content (AvgIpc) is 3.62. The summed E-state index contributed by atoms with van der Waals surface area (Å²) in [5.74, 6) is 4.43. The molecule has 4 aromatic rings. The predicted molar refractivity (Wildman–Crippen MR) is 238 cm³/mol. The van der Waals surface area contributed by atoms with Crippen molar-refractivity contribution in [2.45, 2.75) is 96.3 Å². The Morgan fingerprint density at radius 2 is 1.52 bits per heavy atom. The van der Waals surface area contributed by atoms with Crippen molar-refractivity contribution >= 4 is 22.7 Å². The molecule has 2 heterocycles. The number of nitriles is 1. The SMILES string of the molecule is COc1ccc(C(OC[C@H]2O[C@@H](n3cc(/C=C/C#C[Si](C)(C)C)c(=O)[nH]c3=O)C[C@H]2OP(OCCC#N)N(C(C)C)C(C)C)(c2ccccc2)c2ccc(OC)cc2)cc1. The standard InChI is InChI=1S/C46H57N4O8PSi/c1-33(2)50(34(3)4)59(56-28-15-27-47)58-41-30-43(49-31-35(44(51)48-45(49)52)16-13-14-29-60(7,8)9)57-42(41)32-55-46(36-17-11-10-12-18-36,37-19-23-39(53-5)24-20-37)38-21-25-40(54-6)26-22-38/h10-13,16-26,31,33-34,41-43H,15,28,30,32H2,1-9H3,(H,48,51,52)/b16-13+/t41-,42-,43-,59?/m1/s1. The van der Waals surface area contributed by atoms with Crippen LogP contribution in [0.5, 0.6) is 11.5 Å². The molecule has 1 N–H and O–H groups in total. The lowest BCUT2D eigenvalue weighted by molar-refractivity contribution is -0.0925. The third-order valence-electron chi connectivity index (χ3n) is 9.80. The first-order chi connectivity index (χ1) is 28.7. The van der Waals surface area contributed by atoms with Crippen molar-refractivity contribution in [2.75, 3.05) is 27.4 Å². The molecule has 0 bridgehead atoms. The molecule has 4 atom stereocenters. The number of rotatable bonds is 18. The Labute approximate surface area is 356 Å². The van der Waals surface area contributed by atoms with Gasteiger partial charge in [0.15, 0.2) is 0 Å². The zero-order chi connectivity index (χ0) is 43.5. The third kappa shape index (κ3) is 11.5. The second kappa shape index (κ2) is 21.1. The molecule has 0 saturated carbocycles. The highest BCUT2D eigenvalue weighted by Gasteiger charge is 2.45. The molecule has 0 radical (unpaired) electrons. The van der Waals surface area contributed by atoms with Gasteiger partial charge >= 0.3 is 5.69 Å². The van der Waals surface area contributed by atoms with Crippen molar-refractivity contribution in [1.29, 1.82) is 5.26 Å². The van der Waals surface area contributed by atoms with E-state index >= 15 is 0 Å². The lowest BCUT2D eigenvalue weighted by atomic mass is 9.80. The lowest BCUT2D eigenvalue weighted by Crippen LogP contribution is -2.39. The first-order valence-electron chi connectivity index (χ1n) is 20.1. The van der Waals surface area contributed by atoms with Crippen LogP contribution in [0.2, 0.25) is 19.6 Å². The molecule has 1 fully saturated rings. The van der Waals surface area contributed by atoms with Crippen molar-refractivity contribution in [3.63, 3.8) is 0 Å². The smallest absolute Gasteiger partial charge is 0.330 e. The van der Waals surface area contributed by atoms with Crippen LogP contribution in [0.15, 0.2) is 101 Å². The van der Waals surface area contributed by atoms with E-state index < -0.39 is 51.9 Å². The van der Waals surface area contributed by atoms with Gasteiger partial charge in [-0.05, 0) is 80.8 Å². The van der Waals surface area contributed by atoms with E-state index in [1.807, 2.05) is 78.9 Å². The monoisotopic (exact) mass is 852 g/mol. The fourth-order valence-corrected chi connectivity index (χ4v) is 9.32. The molecule has 0 amide bonds. The highest BCUT2D eigenvalue weighted by molar-refractivity contribution is 7.44. The number of hydrogen-bond acceptors (Lipinski definition) is 10. The molecular formula is C46H57N4O8PSi. The van der Waals surface area contributed by atoms with Gasteiger partial charge in [0.1, 0.15) is 37.5 Å². The summed E-state index contributed by atoms with van der Waals surface area (Å²) < 4.78 is 42.0. The van der Waals surface area contributed by atoms with Gasteiger partial charge in [0.2, 0.25) is 0 Å². The Morgan fingerprint density at radius 3 is 2.05 bits per heavy atom. The average molecular weight is 853 g/mol. The summed E-state index contributed by atoms with van der Waals surface area (Å²) in [7, 11) is -0.104. The molecule has 0 aliphatic carbocycles. The van der Waals surface area contributed by atoms with Gasteiger partial charge in [0.25, 0.3) is 14.1 Å². The molecular weight excluding hydrogens is 796 g/mol. The summed E-state index contributed by atoms with van der Waals surface area (Å²) >= 11 is 0. The van der Waals surface area contributed by atoms with Crippen LogP contribution >= 0.6 is 8.53 Å². The highest BCUT2D eigenvalue weighted by atomic mass is 31.2. The van der Waals surface area contributed by atoms with E-state index in [9.17, 15) is 14.9 Å². The highest BCUT2D eigenvalue weighted by Crippen LogP contribution is 2.50. The molecule has 1 unspecified atom stereocenters. The number of nitrogens with one attached hydrogen (secondary N) is 1. The molecule has 1 aliphatic rings. The van der Waals surface area contributed by atoms with Crippen molar-refractivity contribution in [1.82, 2.24) is 14.2 Å². The summed E-state index contributed by atoms with van der Waals surface area (Å²) in [6.45, 7) is 14.9. The first-order valence-corrected chi connectivity index (χ1v) is 24.8. The van der Waals surface area contributed by atoms with E-state index in [2.05, 4.69) is 74.5 Å². The third-order valence-corrected chi connectivity index (χ3v) is 12.9. The Morgan fingerprint density at radius 1 is 0.933 bits per heavy atom. The molecule has 1 aromatic heterocycles. The number of allylic oxidation sites excluding steroid dienone is 1. The van der Waals surface area contributed by atoms with E-state index in [4.69, 9.17) is 28.0 Å². The van der Waals surface area contributed by atoms with E-state index in [1.165, 1.54) is 10.8 Å². The van der Waals surface area contributed by atoms with Crippen molar-refractivity contribution in [2.24, 2.45) is 0 Å². The van der Waals surface area contributed by atoms with Gasteiger partial charge in [0.05, 0.1) is 51.6 Å². The Hall–Kier alpha value is -4.82. The number of aromatic amines is 1. The summed E-state index contributed by atoms with van der Waals surface area (Å²) in [5.41, 5.74) is 3.75. The van der Waals surface area contributed by atoms with Gasteiger partial charge in [-0.1, -0.05) is 80.2 Å². The van der Waals surface area contributed by atoms with E-state index in [0.29, 0.717) is 11.5 Å². The van der Waals surface area contributed by atoms with Crippen LogP contribution in [0, 0.1) is 22.8 Å². The molecule has 3 aromatic carbocycles. The van der Waals surface area contributed by atoms with Crippen molar-refractivity contribution in [3.8, 4) is 29.0 Å². The molecule has 14 heteroatoms. The quantitative estimate of drug-likeness (QED) is 0.0342. The molecule has 60 heavy (non-hydrogen) atoms. The molecule has 1 saturated heterocycles. The molecule has 1 aliphatic heterocycles. The maximum Gasteiger partial charge on any atom is 0.330 e. The zero-order valence-corrected chi connectivity index (χ0v) is 37.9. The van der Waals surface area contributed by atoms with E-state index in [1.54, 1.807) is 26.4 Å². The summed E-state index contributed by atoms with van der Waals surface area (Å²) in [4.78, 5) is 29.0. The topological polar surface area (TPSA) is 137 Å². The maximum atomic E-state index is 13.5. The number of benzene rings is 3. The zero-order valence-electron chi connectivity index (χ0n) is 36.0. The minimum atomic E-state index is -1.71. The van der Waals surface area contributed by atoms with Gasteiger partial charge < -0.3 is 28.0 Å². The number of methoxy groups -OCH3 is 2. The lowest BCUT2D eigenvalue weighted by Gasteiger charge is -2.39. The predicted octanol–water partition coefficient (Wildman–Crippen LogP) is 8.41. The normalized spacial score (nSPS) is 17.5. The van der Waals surface area contributed by atoms with Crippen LogP contribution in [0.1, 0.15) is 69.0 Å². The Kier molecular flexibility index (Phi) is 16.3. The second-order valence-electron chi connectivity index (χ2n) is 16.0. The van der Waals surface area contributed by atoms with Gasteiger partial charge in [-0.2, -0.15) is 5.26 Å². The van der Waals surface area contributed by atoms with Crippen LogP contribution in [0.3, 0.4) is 0 Å². The summed E-state index contributed by atoms with van der Waals surface area (Å²) in [6.07, 6.45) is 2.93. The summed E-state index contributed by atoms with van der Waals surface area (Å²) in [5, 5.41) is 9.39. The molecule has 5 rings (SSSR count). The fraction of sp³-hybridized carbons (Fsp3) is 0.413. The van der Waals surface area contributed by atoms with Gasteiger partial charge in [-0.15, -0.1) is 5.54 Å². The number of H-pyrrole nitrogens is 1. The van der Waals surface area contributed by atoms with E-state index in [0.717, 1.165) is 16.7 Å². The molecule has 12 nitrogen and oxygen atoms in total. The Bertz CT molecular complexity index is 2200. The number of hydrogen-bond donors (Lipinski definition) is 1. The maximum absolute atomic E-state index is 13.5. The van der Waals surface area contributed by atoms with Crippen LogP contribution in [0.4, 0.5) is 0 Å². The first kappa shape index (κ1) is 46.2. The molecule has 0 spiro atoms. The van der Waals surface area contributed by atoms with Crippen molar-refractivity contribution < 1.29 is 28.0 Å². The van der Waals surface area contributed by atoms with Crippen LogP contribution in [0.25, 0.3) is 6.08 Å². The fourth-order valence-electron chi connectivity index (χ4n) is 7.05. The second-order valence-corrected chi connectivity index (χ2v) is 22.1. The number of aromatic nitrogens is 2. The molecule has 318 valence electrons. The minimum Gasteiger partial charge on any atom is -0.497 e. The largest absolute Gasteiger partial charge is 0.497 e. The van der Waals surface area contributed by atoms with Gasteiger partial charge in [-0.25, -0.2) is 9.46 Å². The van der Waals surface area contributed by atoms with Crippen LogP contribution in [-0.4, -0.2) is 74.0 Å². The minimum absolute atomic E-state index is 0.00991. The van der Waals surface area contributed by atoms with Crippen molar-refractivity contribution in [3.05, 3.63) is 134 Å². The summed E-state index contributed by atoms with van der Waals surface area (Å²) in [6, 6.07) is 27.7. The van der Waals surface area contributed by atoms with Gasteiger partial charge in [0, 0.05) is 24.7 Å². The van der Waals surface area contributed by atoms with Crippen LogP contribution < -0.4 is 20.7 Å².